The molecule has 1 atom stereocenters. The average molecular weight is 355 g/mol. The molecule has 0 saturated carbocycles. The highest BCUT2D eigenvalue weighted by molar-refractivity contribution is 5.97. The van der Waals surface area contributed by atoms with Crippen LogP contribution in [0.25, 0.3) is 0 Å². The molecule has 0 radical (unpaired) electrons. The Morgan fingerprint density at radius 1 is 1.23 bits per heavy atom. The number of pyridine rings is 2. The van der Waals surface area contributed by atoms with E-state index in [1.54, 1.807) is 29.4 Å². The Morgan fingerprint density at radius 3 is 2.85 bits per heavy atom. The number of methoxy groups -OCH3 is 1. The van der Waals surface area contributed by atoms with Crippen molar-refractivity contribution < 1.29 is 19.0 Å². The standard InChI is InChI=1S/C19H21N3O4/c1-24-17-15(5-4-9-21-17)18(23)22-12-19(13-22)11-14(7-10-25-19)26-16-6-2-3-8-20-16/h2-6,8-9,14H,7,10-13H2,1H3/t14-/m0/s1. The molecule has 0 bridgehead atoms. The zero-order valence-corrected chi connectivity index (χ0v) is 14.6. The van der Waals surface area contributed by atoms with Gasteiger partial charge in [-0.15, -0.1) is 0 Å². The molecule has 0 unspecified atom stereocenters. The lowest BCUT2D eigenvalue weighted by Crippen LogP contribution is -2.67. The number of hydrogen-bond donors (Lipinski definition) is 0. The van der Waals surface area contributed by atoms with E-state index in [1.165, 1.54) is 7.11 Å². The van der Waals surface area contributed by atoms with Crippen molar-refractivity contribution in [2.45, 2.75) is 24.5 Å². The summed E-state index contributed by atoms with van der Waals surface area (Å²) in [5, 5.41) is 0. The molecule has 0 N–H and O–H groups in total. The summed E-state index contributed by atoms with van der Waals surface area (Å²) >= 11 is 0. The maximum absolute atomic E-state index is 12.7. The summed E-state index contributed by atoms with van der Waals surface area (Å²) in [5.41, 5.74) is 0.143. The molecular formula is C19H21N3O4. The number of ether oxygens (including phenoxy) is 3. The van der Waals surface area contributed by atoms with Gasteiger partial charge in [0, 0.05) is 31.3 Å². The summed E-state index contributed by atoms with van der Waals surface area (Å²) in [7, 11) is 1.51. The van der Waals surface area contributed by atoms with Crippen molar-refractivity contribution in [2.24, 2.45) is 0 Å². The maximum Gasteiger partial charge on any atom is 0.259 e. The predicted octanol–water partition coefficient (Wildman–Crippen LogP) is 1.94. The number of aromatic nitrogens is 2. The van der Waals surface area contributed by atoms with E-state index in [1.807, 2.05) is 18.2 Å². The lowest BCUT2D eigenvalue weighted by molar-refractivity contribution is -0.174. The highest BCUT2D eigenvalue weighted by Gasteiger charge is 2.50. The van der Waals surface area contributed by atoms with Crippen molar-refractivity contribution in [3.8, 4) is 11.8 Å². The van der Waals surface area contributed by atoms with E-state index in [9.17, 15) is 4.79 Å². The number of hydrogen-bond acceptors (Lipinski definition) is 6. The molecule has 0 aromatic carbocycles. The summed E-state index contributed by atoms with van der Waals surface area (Å²) in [6, 6.07) is 9.09. The Morgan fingerprint density at radius 2 is 2.08 bits per heavy atom. The summed E-state index contributed by atoms with van der Waals surface area (Å²) in [5.74, 6) is 0.887. The number of carbonyl (C=O) groups is 1. The fraction of sp³-hybridized carbons (Fsp3) is 0.421. The minimum Gasteiger partial charge on any atom is -0.480 e. The monoisotopic (exact) mass is 355 g/mol. The van der Waals surface area contributed by atoms with E-state index in [4.69, 9.17) is 14.2 Å². The molecule has 2 aromatic heterocycles. The number of carbonyl (C=O) groups excluding carboxylic acids is 1. The second-order valence-corrected chi connectivity index (χ2v) is 6.65. The van der Waals surface area contributed by atoms with Gasteiger partial charge in [0.1, 0.15) is 17.3 Å². The van der Waals surface area contributed by atoms with Gasteiger partial charge in [-0.05, 0) is 18.2 Å². The molecule has 7 nitrogen and oxygen atoms in total. The Bertz CT molecular complexity index is 777. The van der Waals surface area contributed by atoms with Crippen molar-refractivity contribution in [1.82, 2.24) is 14.9 Å². The number of likely N-dealkylation sites (tertiary alicyclic amines) is 1. The van der Waals surface area contributed by atoms with E-state index in [0.717, 1.165) is 12.8 Å². The molecule has 2 aromatic rings. The molecule has 1 spiro atoms. The van der Waals surface area contributed by atoms with Gasteiger partial charge in [-0.25, -0.2) is 9.97 Å². The minimum atomic E-state index is -0.331. The lowest BCUT2D eigenvalue weighted by Gasteiger charge is -2.52. The molecule has 4 heterocycles. The number of amides is 1. The van der Waals surface area contributed by atoms with Gasteiger partial charge in [-0.1, -0.05) is 6.07 Å². The summed E-state index contributed by atoms with van der Waals surface area (Å²) in [4.78, 5) is 22.8. The zero-order chi connectivity index (χ0) is 18.0. The van der Waals surface area contributed by atoms with Crippen LogP contribution in [0.2, 0.25) is 0 Å². The van der Waals surface area contributed by atoms with Gasteiger partial charge in [0.25, 0.3) is 5.91 Å². The van der Waals surface area contributed by atoms with Crippen LogP contribution < -0.4 is 9.47 Å². The van der Waals surface area contributed by atoms with Gasteiger partial charge < -0.3 is 19.1 Å². The molecule has 1 amide bonds. The molecule has 2 fully saturated rings. The SMILES string of the molecule is COc1ncccc1C(=O)N1CC2(C[C@@H](Oc3ccccn3)CCO2)C1. The van der Waals surface area contributed by atoms with Gasteiger partial charge in [-0.3, -0.25) is 4.79 Å². The molecule has 4 rings (SSSR count). The highest BCUT2D eigenvalue weighted by atomic mass is 16.5. The molecule has 2 aliphatic rings. The van der Waals surface area contributed by atoms with Crippen LogP contribution in [0.1, 0.15) is 23.2 Å². The smallest absolute Gasteiger partial charge is 0.259 e. The fourth-order valence-corrected chi connectivity index (χ4v) is 3.57. The molecule has 26 heavy (non-hydrogen) atoms. The Balaban J connectivity index is 1.39. The van der Waals surface area contributed by atoms with Gasteiger partial charge in [0.15, 0.2) is 0 Å². The van der Waals surface area contributed by atoms with Crippen molar-refractivity contribution in [1.29, 1.82) is 0 Å². The molecule has 2 aliphatic heterocycles. The first kappa shape index (κ1) is 16.8. The number of rotatable bonds is 4. The van der Waals surface area contributed by atoms with Crippen LogP contribution in [0, 0.1) is 0 Å². The first-order chi connectivity index (χ1) is 12.7. The van der Waals surface area contributed by atoms with Gasteiger partial charge >= 0.3 is 0 Å². The largest absolute Gasteiger partial charge is 0.480 e. The Labute approximate surface area is 151 Å². The minimum absolute atomic E-state index is 0.0452. The van der Waals surface area contributed by atoms with Crippen LogP contribution in [0.15, 0.2) is 42.7 Å². The average Bonchev–Trinajstić information content (AvgIpc) is 2.66. The molecule has 2 saturated heterocycles. The molecule has 0 aliphatic carbocycles. The molecule has 7 heteroatoms. The van der Waals surface area contributed by atoms with Crippen molar-refractivity contribution in [3.05, 3.63) is 48.3 Å². The third-order valence-electron chi connectivity index (χ3n) is 4.81. The quantitative estimate of drug-likeness (QED) is 0.834. The highest BCUT2D eigenvalue weighted by Crippen LogP contribution is 2.36. The van der Waals surface area contributed by atoms with Gasteiger partial charge in [0.05, 0.1) is 26.8 Å². The topological polar surface area (TPSA) is 73.8 Å². The predicted molar refractivity (Wildman–Crippen MR) is 93.3 cm³/mol. The second-order valence-electron chi connectivity index (χ2n) is 6.65. The lowest BCUT2D eigenvalue weighted by atomic mass is 9.84. The zero-order valence-electron chi connectivity index (χ0n) is 14.6. The normalized spacial score (nSPS) is 21.1. The summed E-state index contributed by atoms with van der Waals surface area (Å²) < 4.78 is 17.2. The van der Waals surface area contributed by atoms with Crippen molar-refractivity contribution in [2.75, 3.05) is 26.8 Å². The van der Waals surface area contributed by atoms with Crippen LogP contribution in [0.5, 0.6) is 11.8 Å². The molecular weight excluding hydrogens is 334 g/mol. The summed E-state index contributed by atoms with van der Waals surface area (Å²) in [6.45, 7) is 1.72. The van der Waals surface area contributed by atoms with Crippen LogP contribution in [0.3, 0.4) is 0 Å². The van der Waals surface area contributed by atoms with E-state index in [-0.39, 0.29) is 17.6 Å². The maximum atomic E-state index is 12.7. The van der Waals surface area contributed by atoms with E-state index >= 15 is 0 Å². The van der Waals surface area contributed by atoms with Crippen LogP contribution in [-0.2, 0) is 4.74 Å². The van der Waals surface area contributed by atoms with E-state index in [0.29, 0.717) is 37.0 Å². The fourth-order valence-electron chi connectivity index (χ4n) is 3.57. The Kier molecular flexibility index (Phi) is 4.46. The third kappa shape index (κ3) is 3.22. The molecule has 136 valence electrons. The van der Waals surface area contributed by atoms with Gasteiger partial charge in [0.2, 0.25) is 11.8 Å². The second kappa shape index (κ2) is 6.92. The van der Waals surface area contributed by atoms with Gasteiger partial charge in [-0.2, -0.15) is 0 Å². The number of nitrogens with zero attached hydrogens (tertiary/aromatic N) is 3. The summed E-state index contributed by atoms with van der Waals surface area (Å²) in [6.07, 6.45) is 4.94. The Hall–Kier alpha value is -2.67. The third-order valence-corrected chi connectivity index (χ3v) is 4.81. The first-order valence-electron chi connectivity index (χ1n) is 8.69. The van der Waals surface area contributed by atoms with Crippen molar-refractivity contribution in [3.63, 3.8) is 0 Å². The van der Waals surface area contributed by atoms with E-state index in [2.05, 4.69) is 9.97 Å². The van der Waals surface area contributed by atoms with Crippen LogP contribution in [0.4, 0.5) is 0 Å². The van der Waals surface area contributed by atoms with Crippen molar-refractivity contribution >= 4 is 5.91 Å². The van der Waals surface area contributed by atoms with E-state index < -0.39 is 0 Å². The van der Waals surface area contributed by atoms with Crippen LogP contribution >= 0.6 is 0 Å². The van der Waals surface area contributed by atoms with Crippen LogP contribution in [-0.4, -0.2) is 59.3 Å². The first-order valence-corrected chi connectivity index (χ1v) is 8.69.